The Hall–Kier alpha value is -1.81. The summed E-state index contributed by atoms with van der Waals surface area (Å²) < 4.78 is 0. The van der Waals surface area contributed by atoms with Crippen LogP contribution in [0.5, 0.6) is 0 Å². The van der Waals surface area contributed by atoms with Gasteiger partial charge in [-0.05, 0) is 18.6 Å². The largest absolute Gasteiger partial charge is 0.369 e. The van der Waals surface area contributed by atoms with Crippen LogP contribution in [0.3, 0.4) is 0 Å². The third kappa shape index (κ3) is 2.79. The van der Waals surface area contributed by atoms with Gasteiger partial charge in [-0.25, -0.2) is 0 Å². The van der Waals surface area contributed by atoms with Crippen molar-refractivity contribution in [3.8, 4) is 0 Å². The molecular weight excluding hydrogens is 238 g/mol. The van der Waals surface area contributed by atoms with E-state index in [9.17, 15) is 4.79 Å². The van der Waals surface area contributed by atoms with Gasteiger partial charge in [0.1, 0.15) is 0 Å². The van der Waals surface area contributed by atoms with E-state index in [0.717, 1.165) is 5.52 Å². The molecule has 0 saturated heterocycles. The number of aromatic nitrogens is 1. The number of hydrogen-bond acceptors (Lipinski definition) is 2. The van der Waals surface area contributed by atoms with Crippen molar-refractivity contribution in [1.29, 1.82) is 0 Å². The van der Waals surface area contributed by atoms with Crippen molar-refractivity contribution in [3.63, 3.8) is 0 Å². The van der Waals surface area contributed by atoms with E-state index < -0.39 is 0 Å². The van der Waals surface area contributed by atoms with E-state index in [2.05, 4.69) is 43.2 Å². The summed E-state index contributed by atoms with van der Waals surface area (Å²) in [5, 5.41) is 4.36. The van der Waals surface area contributed by atoms with E-state index in [4.69, 9.17) is 5.73 Å². The number of amides is 1. The second-order valence-electron chi connectivity index (χ2n) is 5.62. The highest BCUT2D eigenvalue weighted by Crippen LogP contribution is 2.32. The summed E-state index contributed by atoms with van der Waals surface area (Å²) in [6.07, 6.45) is 0. The van der Waals surface area contributed by atoms with E-state index in [1.807, 2.05) is 12.1 Å². The molecule has 2 rings (SSSR count). The summed E-state index contributed by atoms with van der Waals surface area (Å²) in [6, 6.07) is 8.29. The number of benzene rings is 1. The molecule has 4 heteroatoms. The predicted molar refractivity (Wildman–Crippen MR) is 78.1 cm³/mol. The fourth-order valence-electron chi connectivity index (χ4n) is 2.74. The van der Waals surface area contributed by atoms with Crippen LogP contribution in [0.15, 0.2) is 24.3 Å². The molecule has 102 valence electrons. The maximum Gasteiger partial charge on any atom is 0.231 e. The summed E-state index contributed by atoms with van der Waals surface area (Å²) in [4.78, 5) is 14.2. The lowest BCUT2D eigenvalue weighted by Gasteiger charge is -2.26. The molecule has 1 aromatic heterocycles. The van der Waals surface area contributed by atoms with Gasteiger partial charge in [0.25, 0.3) is 0 Å². The van der Waals surface area contributed by atoms with E-state index in [1.54, 1.807) is 0 Å². The molecule has 1 amide bonds. The molecule has 0 saturated carbocycles. The number of carbonyl (C=O) groups is 1. The Labute approximate surface area is 113 Å². The Morgan fingerprint density at radius 1 is 1.37 bits per heavy atom. The molecule has 0 aliphatic rings. The quantitative estimate of drug-likeness (QED) is 0.766. The zero-order valence-corrected chi connectivity index (χ0v) is 11.7. The van der Waals surface area contributed by atoms with E-state index >= 15 is 0 Å². The molecule has 2 aromatic rings. The second kappa shape index (κ2) is 5.05. The lowest BCUT2D eigenvalue weighted by molar-refractivity contribution is -0.117. The molecule has 0 fully saturated rings. The van der Waals surface area contributed by atoms with Gasteiger partial charge in [-0.3, -0.25) is 4.79 Å². The van der Waals surface area contributed by atoms with Gasteiger partial charge in [-0.1, -0.05) is 32.0 Å². The molecule has 0 aliphatic heterocycles. The number of primary amides is 1. The van der Waals surface area contributed by atoms with Crippen molar-refractivity contribution in [1.82, 2.24) is 10.3 Å². The SMILES string of the molecule is Cc1[nH]c2ccccc2c1C(C)(C)CNCC(N)=O. The van der Waals surface area contributed by atoms with E-state index in [0.29, 0.717) is 6.54 Å². The van der Waals surface area contributed by atoms with Crippen LogP contribution in [-0.2, 0) is 10.2 Å². The Bertz CT molecular complexity index is 598. The molecule has 0 spiro atoms. The topological polar surface area (TPSA) is 70.9 Å². The first-order valence-corrected chi connectivity index (χ1v) is 6.48. The summed E-state index contributed by atoms with van der Waals surface area (Å²) >= 11 is 0. The van der Waals surface area contributed by atoms with Gasteiger partial charge >= 0.3 is 0 Å². The maximum absolute atomic E-state index is 10.8. The molecular formula is C15H21N3O. The highest BCUT2D eigenvalue weighted by molar-refractivity contribution is 5.85. The van der Waals surface area contributed by atoms with Crippen LogP contribution in [-0.4, -0.2) is 24.0 Å². The summed E-state index contributed by atoms with van der Waals surface area (Å²) in [5.41, 5.74) is 8.70. The van der Waals surface area contributed by atoms with Crippen LogP contribution < -0.4 is 11.1 Å². The number of nitrogens with two attached hydrogens (primary N) is 1. The number of para-hydroxylation sites is 1. The molecule has 0 bridgehead atoms. The zero-order valence-electron chi connectivity index (χ0n) is 11.7. The molecule has 4 N–H and O–H groups in total. The average Bonchev–Trinajstić information content (AvgIpc) is 2.64. The van der Waals surface area contributed by atoms with Gasteiger partial charge in [0.15, 0.2) is 0 Å². The van der Waals surface area contributed by atoms with Gasteiger partial charge in [0.05, 0.1) is 6.54 Å². The van der Waals surface area contributed by atoms with Crippen LogP contribution >= 0.6 is 0 Å². The summed E-state index contributed by atoms with van der Waals surface area (Å²) in [6.45, 7) is 7.35. The number of H-pyrrole nitrogens is 1. The molecule has 19 heavy (non-hydrogen) atoms. The predicted octanol–water partition coefficient (Wildman–Crippen LogP) is 1.83. The molecule has 1 heterocycles. The van der Waals surface area contributed by atoms with Crippen molar-refractivity contribution in [2.75, 3.05) is 13.1 Å². The number of aromatic amines is 1. The third-order valence-corrected chi connectivity index (χ3v) is 3.44. The van der Waals surface area contributed by atoms with Crippen LogP contribution in [0.25, 0.3) is 10.9 Å². The van der Waals surface area contributed by atoms with E-state index in [-0.39, 0.29) is 17.9 Å². The minimum Gasteiger partial charge on any atom is -0.369 e. The van der Waals surface area contributed by atoms with Gasteiger partial charge in [0.2, 0.25) is 5.91 Å². The molecule has 0 atom stereocenters. The number of hydrogen-bond donors (Lipinski definition) is 3. The van der Waals surface area contributed by atoms with Crippen LogP contribution in [0.4, 0.5) is 0 Å². The minimum absolute atomic E-state index is 0.0703. The van der Waals surface area contributed by atoms with Crippen LogP contribution in [0.2, 0.25) is 0 Å². The minimum atomic E-state index is -0.327. The first-order valence-electron chi connectivity index (χ1n) is 6.48. The van der Waals surface area contributed by atoms with Crippen molar-refractivity contribution in [2.45, 2.75) is 26.2 Å². The molecule has 0 aliphatic carbocycles. The smallest absolute Gasteiger partial charge is 0.231 e. The van der Waals surface area contributed by atoms with Crippen molar-refractivity contribution < 1.29 is 4.79 Å². The number of nitrogens with one attached hydrogen (secondary N) is 2. The summed E-state index contributed by atoms with van der Waals surface area (Å²) in [7, 11) is 0. The lowest BCUT2D eigenvalue weighted by atomic mass is 9.82. The monoisotopic (exact) mass is 259 g/mol. The first-order chi connectivity index (χ1) is 8.92. The average molecular weight is 259 g/mol. The highest BCUT2D eigenvalue weighted by Gasteiger charge is 2.26. The standard InChI is InChI=1S/C15H21N3O/c1-10-14(11-6-4-5-7-12(11)18-10)15(2,3)9-17-8-13(16)19/h4-7,17-18H,8-9H2,1-3H3,(H2,16,19). The van der Waals surface area contributed by atoms with Crippen molar-refractivity contribution in [2.24, 2.45) is 5.73 Å². The Balaban J connectivity index is 2.31. The molecule has 0 unspecified atom stereocenters. The number of fused-ring (bicyclic) bond motifs is 1. The van der Waals surface area contributed by atoms with Gasteiger partial charge in [0, 0.05) is 28.6 Å². The molecule has 4 nitrogen and oxygen atoms in total. The fourth-order valence-corrected chi connectivity index (χ4v) is 2.74. The molecule has 1 aromatic carbocycles. The lowest BCUT2D eigenvalue weighted by Crippen LogP contribution is -2.38. The Kier molecular flexibility index (Phi) is 3.62. The Morgan fingerprint density at radius 2 is 2.05 bits per heavy atom. The second-order valence-corrected chi connectivity index (χ2v) is 5.62. The molecule has 0 radical (unpaired) electrons. The number of rotatable bonds is 5. The normalized spacial score (nSPS) is 11.9. The third-order valence-electron chi connectivity index (χ3n) is 3.44. The number of carbonyl (C=O) groups excluding carboxylic acids is 1. The maximum atomic E-state index is 10.8. The van der Waals surface area contributed by atoms with E-state index in [1.165, 1.54) is 16.6 Å². The Morgan fingerprint density at radius 3 is 2.74 bits per heavy atom. The van der Waals surface area contributed by atoms with Crippen LogP contribution in [0, 0.1) is 6.92 Å². The van der Waals surface area contributed by atoms with Crippen LogP contribution in [0.1, 0.15) is 25.1 Å². The highest BCUT2D eigenvalue weighted by atomic mass is 16.1. The first kappa shape index (κ1) is 13.6. The number of aryl methyl sites for hydroxylation is 1. The van der Waals surface area contributed by atoms with Crippen molar-refractivity contribution >= 4 is 16.8 Å². The van der Waals surface area contributed by atoms with Gasteiger partial charge in [-0.15, -0.1) is 0 Å². The fraction of sp³-hybridized carbons (Fsp3) is 0.400. The van der Waals surface area contributed by atoms with Crippen molar-refractivity contribution in [3.05, 3.63) is 35.5 Å². The summed E-state index contributed by atoms with van der Waals surface area (Å²) in [5.74, 6) is -0.327. The van der Waals surface area contributed by atoms with Gasteiger partial charge < -0.3 is 16.0 Å². The van der Waals surface area contributed by atoms with Gasteiger partial charge in [-0.2, -0.15) is 0 Å². The zero-order chi connectivity index (χ0) is 14.0.